The van der Waals surface area contributed by atoms with Crippen molar-refractivity contribution >= 4 is 17.7 Å². The quantitative estimate of drug-likeness (QED) is 0.728. The number of benzene rings is 2. The topological polar surface area (TPSA) is 59.0 Å². The number of likely N-dealkylation sites (tertiary alicyclic amines) is 1. The molecule has 0 aliphatic carbocycles. The van der Waals surface area contributed by atoms with Crippen LogP contribution < -0.4 is 9.47 Å². The maximum atomic E-state index is 12.6. The molecule has 29 heavy (non-hydrogen) atoms. The fourth-order valence-electron chi connectivity index (χ4n) is 2.91. The van der Waals surface area contributed by atoms with Crippen molar-refractivity contribution in [1.29, 1.82) is 0 Å². The number of ether oxygens (including phenoxy) is 2. The van der Waals surface area contributed by atoms with E-state index in [0.29, 0.717) is 30.2 Å². The van der Waals surface area contributed by atoms with Crippen LogP contribution in [-0.2, 0) is 11.4 Å². The van der Waals surface area contributed by atoms with Gasteiger partial charge in [-0.2, -0.15) is 0 Å². The molecule has 156 valence electrons. The average Bonchev–Trinajstić information content (AvgIpc) is 3.15. The number of amides is 1. The van der Waals surface area contributed by atoms with E-state index in [-0.39, 0.29) is 30.1 Å². The molecule has 5 nitrogen and oxygen atoms in total. The smallest absolute Gasteiger partial charge is 0.484 e. The van der Waals surface area contributed by atoms with Gasteiger partial charge in [-0.3, -0.25) is 4.79 Å². The monoisotopic (exact) mass is 427 g/mol. The normalized spacial score (nSPS) is 16.7. The molecule has 1 fully saturated rings. The van der Waals surface area contributed by atoms with Crippen LogP contribution in [0.15, 0.2) is 53.4 Å². The predicted molar refractivity (Wildman–Crippen MR) is 102 cm³/mol. The summed E-state index contributed by atoms with van der Waals surface area (Å²) in [5.41, 5.74) is 0.748. The molecule has 0 aromatic heterocycles. The van der Waals surface area contributed by atoms with Gasteiger partial charge in [0.15, 0.2) is 6.61 Å². The molecule has 0 radical (unpaired) electrons. The number of hydrogen-bond acceptors (Lipinski definition) is 5. The van der Waals surface area contributed by atoms with Crippen molar-refractivity contribution < 1.29 is 32.5 Å². The van der Waals surface area contributed by atoms with Crippen molar-refractivity contribution in [3.63, 3.8) is 0 Å². The number of nitrogens with zero attached hydrogens (tertiary/aromatic N) is 1. The molecule has 1 N–H and O–H groups in total. The predicted octanol–water partition coefficient (Wildman–Crippen LogP) is 3.85. The second-order valence-corrected chi connectivity index (χ2v) is 7.80. The summed E-state index contributed by atoms with van der Waals surface area (Å²) in [6, 6.07) is 12.8. The highest BCUT2D eigenvalue weighted by Gasteiger charge is 2.33. The first-order valence-electron chi connectivity index (χ1n) is 8.96. The van der Waals surface area contributed by atoms with Crippen LogP contribution in [-0.4, -0.2) is 47.2 Å². The second kappa shape index (κ2) is 9.41. The summed E-state index contributed by atoms with van der Waals surface area (Å²) in [6.07, 6.45) is -4.08. The van der Waals surface area contributed by atoms with Gasteiger partial charge in [-0.05, 0) is 36.2 Å². The van der Waals surface area contributed by atoms with Crippen molar-refractivity contribution in [2.24, 2.45) is 0 Å². The molecule has 0 saturated carbocycles. The average molecular weight is 427 g/mol. The maximum absolute atomic E-state index is 12.6. The Kier molecular flexibility index (Phi) is 6.92. The maximum Gasteiger partial charge on any atom is 0.573 e. The van der Waals surface area contributed by atoms with E-state index in [1.165, 1.54) is 23.9 Å². The number of rotatable bonds is 7. The number of thioether (sulfide) groups is 1. The molecule has 1 aliphatic heterocycles. The zero-order chi connectivity index (χ0) is 20.9. The van der Waals surface area contributed by atoms with Gasteiger partial charge >= 0.3 is 6.36 Å². The lowest BCUT2D eigenvalue weighted by Crippen LogP contribution is -2.33. The largest absolute Gasteiger partial charge is 0.573 e. The van der Waals surface area contributed by atoms with E-state index in [0.717, 1.165) is 5.56 Å². The SMILES string of the molecule is O=C(COc1ccc(CO)cc1)N1CCC(Sc2ccccc2OC(F)(F)F)C1. The molecule has 0 spiro atoms. The second-order valence-electron chi connectivity index (χ2n) is 6.45. The fraction of sp³-hybridized carbons (Fsp3) is 0.350. The summed E-state index contributed by atoms with van der Waals surface area (Å²) in [6.45, 7) is 0.759. The highest BCUT2D eigenvalue weighted by molar-refractivity contribution is 8.00. The standard InChI is InChI=1S/C20H20F3NO4S/c21-20(22,23)28-17-3-1-2-4-18(17)29-16-9-10-24(11-16)19(26)13-27-15-7-5-14(12-25)6-8-15/h1-8,16,25H,9-13H2. The van der Waals surface area contributed by atoms with E-state index in [1.54, 1.807) is 41.3 Å². The molecule has 1 amide bonds. The molecule has 1 heterocycles. The van der Waals surface area contributed by atoms with Crippen LogP contribution in [0.1, 0.15) is 12.0 Å². The van der Waals surface area contributed by atoms with Crippen molar-refractivity contribution in [3.05, 3.63) is 54.1 Å². The number of hydrogen-bond donors (Lipinski definition) is 1. The molecule has 1 atom stereocenters. The van der Waals surface area contributed by atoms with Crippen molar-refractivity contribution in [2.45, 2.75) is 29.5 Å². The van der Waals surface area contributed by atoms with Gasteiger partial charge in [0.1, 0.15) is 11.5 Å². The fourth-order valence-corrected chi connectivity index (χ4v) is 4.13. The molecule has 2 aromatic rings. The molecule has 3 rings (SSSR count). The van der Waals surface area contributed by atoms with Gasteiger partial charge in [0.25, 0.3) is 5.91 Å². The number of carbonyl (C=O) groups excluding carboxylic acids is 1. The number of para-hydroxylation sites is 1. The Morgan fingerprint density at radius 3 is 2.59 bits per heavy atom. The Morgan fingerprint density at radius 1 is 1.17 bits per heavy atom. The van der Waals surface area contributed by atoms with Gasteiger partial charge in [-0.15, -0.1) is 24.9 Å². The summed E-state index contributed by atoms with van der Waals surface area (Å²) in [5.74, 6) is 0.113. The minimum Gasteiger partial charge on any atom is -0.484 e. The van der Waals surface area contributed by atoms with Crippen molar-refractivity contribution in [1.82, 2.24) is 4.90 Å². The number of aliphatic hydroxyl groups excluding tert-OH is 1. The number of aliphatic hydroxyl groups is 1. The zero-order valence-electron chi connectivity index (χ0n) is 15.4. The van der Waals surface area contributed by atoms with Crippen molar-refractivity contribution in [2.75, 3.05) is 19.7 Å². The molecule has 1 saturated heterocycles. The highest BCUT2D eigenvalue weighted by atomic mass is 32.2. The van der Waals surface area contributed by atoms with Crippen molar-refractivity contribution in [3.8, 4) is 11.5 Å². The first-order valence-corrected chi connectivity index (χ1v) is 9.84. The zero-order valence-corrected chi connectivity index (χ0v) is 16.2. The summed E-state index contributed by atoms with van der Waals surface area (Å²) in [7, 11) is 0. The summed E-state index contributed by atoms with van der Waals surface area (Å²) in [5, 5.41) is 9.00. The molecule has 9 heteroatoms. The van der Waals surface area contributed by atoms with Crippen LogP contribution in [0.4, 0.5) is 13.2 Å². The Balaban J connectivity index is 1.51. The van der Waals surface area contributed by atoms with Crippen LogP contribution in [0, 0.1) is 0 Å². The molecule has 0 bridgehead atoms. The highest BCUT2D eigenvalue weighted by Crippen LogP contribution is 2.37. The van der Waals surface area contributed by atoms with Gasteiger partial charge in [0, 0.05) is 18.3 Å². The van der Waals surface area contributed by atoms with Crippen LogP contribution in [0.5, 0.6) is 11.5 Å². The Hall–Kier alpha value is -2.39. The van der Waals surface area contributed by atoms with E-state index in [9.17, 15) is 18.0 Å². The van der Waals surface area contributed by atoms with E-state index < -0.39 is 6.36 Å². The van der Waals surface area contributed by atoms with Crippen LogP contribution in [0.2, 0.25) is 0 Å². The van der Waals surface area contributed by atoms with Gasteiger partial charge in [0.2, 0.25) is 0 Å². The number of alkyl halides is 3. The summed E-state index contributed by atoms with van der Waals surface area (Å²) in [4.78, 5) is 14.4. The van der Waals surface area contributed by atoms with Crippen LogP contribution >= 0.6 is 11.8 Å². The summed E-state index contributed by atoms with van der Waals surface area (Å²) >= 11 is 1.27. The van der Waals surface area contributed by atoms with Crippen LogP contribution in [0.25, 0.3) is 0 Å². The Bertz CT molecular complexity index is 829. The van der Waals surface area contributed by atoms with Crippen LogP contribution in [0.3, 0.4) is 0 Å². The third-order valence-corrected chi connectivity index (χ3v) is 5.64. The van der Waals surface area contributed by atoms with Gasteiger partial charge in [-0.25, -0.2) is 0 Å². The third kappa shape index (κ3) is 6.30. The minimum absolute atomic E-state index is 0.0271. The molecule has 2 aromatic carbocycles. The molecule has 1 unspecified atom stereocenters. The summed E-state index contributed by atoms with van der Waals surface area (Å²) < 4.78 is 47.2. The van der Waals surface area contributed by atoms with E-state index in [1.807, 2.05) is 0 Å². The lowest BCUT2D eigenvalue weighted by Gasteiger charge is -2.18. The van der Waals surface area contributed by atoms with E-state index in [2.05, 4.69) is 4.74 Å². The molecular formula is C20H20F3NO4S. The van der Waals surface area contributed by atoms with Gasteiger partial charge < -0.3 is 19.5 Å². The van der Waals surface area contributed by atoms with E-state index >= 15 is 0 Å². The molecule has 1 aliphatic rings. The van der Waals surface area contributed by atoms with Gasteiger partial charge in [0.05, 0.1) is 11.5 Å². The number of carbonyl (C=O) groups is 1. The first-order chi connectivity index (χ1) is 13.8. The Morgan fingerprint density at radius 2 is 1.90 bits per heavy atom. The number of halogens is 3. The first kappa shape index (κ1) is 21.3. The van der Waals surface area contributed by atoms with E-state index in [4.69, 9.17) is 9.84 Å². The van der Waals surface area contributed by atoms with Gasteiger partial charge in [-0.1, -0.05) is 24.3 Å². The third-order valence-electron chi connectivity index (χ3n) is 4.33. The lowest BCUT2D eigenvalue weighted by atomic mass is 10.2. The molecular weight excluding hydrogens is 407 g/mol. The lowest BCUT2D eigenvalue weighted by molar-refractivity contribution is -0.275. The minimum atomic E-state index is -4.75. The Labute approximate surface area is 170 Å².